The van der Waals surface area contributed by atoms with Gasteiger partial charge >= 0.3 is 5.97 Å². The highest BCUT2D eigenvalue weighted by Crippen LogP contribution is 2.39. The van der Waals surface area contributed by atoms with Crippen LogP contribution < -0.4 is 10.9 Å². The molecule has 1 heterocycles. The van der Waals surface area contributed by atoms with Gasteiger partial charge in [-0.25, -0.2) is 0 Å². The van der Waals surface area contributed by atoms with E-state index in [1.807, 2.05) is 31.2 Å². The number of nitrogens with zero attached hydrogens (tertiary/aromatic N) is 1. The molecule has 0 radical (unpaired) electrons. The van der Waals surface area contributed by atoms with Crippen LogP contribution in [0.4, 0.5) is 5.69 Å². The van der Waals surface area contributed by atoms with Crippen LogP contribution in [0.3, 0.4) is 0 Å². The predicted octanol–water partition coefficient (Wildman–Crippen LogP) is 1.86. The Kier molecular flexibility index (Phi) is 4.20. The van der Waals surface area contributed by atoms with E-state index in [9.17, 15) is 14.4 Å². The van der Waals surface area contributed by atoms with Gasteiger partial charge in [-0.15, -0.1) is 0 Å². The van der Waals surface area contributed by atoms with Gasteiger partial charge in [0.2, 0.25) is 5.91 Å². The van der Waals surface area contributed by atoms with Crippen molar-refractivity contribution in [2.75, 3.05) is 5.32 Å². The maximum Gasteiger partial charge on any atom is 0.307 e. The van der Waals surface area contributed by atoms with Crippen molar-refractivity contribution < 1.29 is 14.7 Å². The van der Waals surface area contributed by atoms with Gasteiger partial charge in [0.25, 0.3) is 5.56 Å². The van der Waals surface area contributed by atoms with Gasteiger partial charge in [-0.05, 0) is 31.0 Å². The van der Waals surface area contributed by atoms with Crippen LogP contribution in [0.2, 0.25) is 0 Å². The van der Waals surface area contributed by atoms with E-state index in [0.717, 1.165) is 11.1 Å². The first kappa shape index (κ1) is 16.0. The summed E-state index contributed by atoms with van der Waals surface area (Å²) in [6.07, 6.45) is 1.99. The number of pyridine rings is 1. The average Bonchev–Trinajstić information content (AvgIpc) is 3.34. The lowest BCUT2D eigenvalue weighted by molar-refractivity contribution is -0.139. The first-order chi connectivity index (χ1) is 11.5. The van der Waals surface area contributed by atoms with Crippen molar-refractivity contribution in [2.45, 2.75) is 19.9 Å². The minimum absolute atomic E-state index is 0.172. The van der Waals surface area contributed by atoms with E-state index in [4.69, 9.17) is 5.11 Å². The highest BCUT2D eigenvalue weighted by atomic mass is 16.4. The van der Waals surface area contributed by atoms with Gasteiger partial charge in [0.05, 0.1) is 18.4 Å². The van der Waals surface area contributed by atoms with E-state index < -0.39 is 23.7 Å². The number of amides is 1. The van der Waals surface area contributed by atoms with Gasteiger partial charge in [0.1, 0.15) is 5.69 Å². The molecule has 6 nitrogen and oxygen atoms in total. The molecular weight excluding hydrogens is 308 g/mol. The number of carbonyl (C=O) groups is 2. The van der Waals surface area contributed by atoms with Crippen LogP contribution in [-0.2, 0) is 16.1 Å². The summed E-state index contributed by atoms with van der Waals surface area (Å²) in [6, 6.07) is 11.1. The number of rotatable bonds is 5. The quantitative estimate of drug-likeness (QED) is 0.878. The lowest BCUT2D eigenvalue weighted by Gasteiger charge is -2.09. The summed E-state index contributed by atoms with van der Waals surface area (Å²) in [7, 11) is 0. The topological polar surface area (TPSA) is 88.4 Å². The summed E-state index contributed by atoms with van der Waals surface area (Å²) in [5.74, 6) is -2.57. The number of anilines is 1. The third-order valence-corrected chi connectivity index (χ3v) is 4.20. The van der Waals surface area contributed by atoms with Gasteiger partial charge in [0.15, 0.2) is 0 Å². The van der Waals surface area contributed by atoms with Crippen LogP contribution in [-0.4, -0.2) is 21.6 Å². The molecule has 0 spiro atoms. The largest absolute Gasteiger partial charge is 0.481 e. The summed E-state index contributed by atoms with van der Waals surface area (Å²) in [5, 5.41) is 11.4. The molecule has 1 aromatic heterocycles. The van der Waals surface area contributed by atoms with Crippen molar-refractivity contribution in [3.05, 3.63) is 64.1 Å². The summed E-state index contributed by atoms with van der Waals surface area (Å²) in [4.78, 5) is 35.3. The zero-order valence-corrected chi connectivity index (χ0v) is 13.2. The SMILES string of the molecule is Cc1ccc(Cn2cccc(NC(=O)[C@@H]3C[C@@H]3C(=O)O)c2=O)cc1. The van der Waals surface area contributed by atoms with Crippen molar-refractivity contribution >= 4 is 17.6 Å². The Morgan fingerprint density at radius 3 is 2.54 bits per heavy atom. The Morgan fingerprint density at radius 2 is 1.92 bits per heavy atom. The lowest BCUT2D eigenvalue weighted by Crippen LogP contribution is -2.27. The standard InChI is InChI=1S/C18H18N2O4/c1-11-4-6-12(7-5-11)10-20-8-2-3-15(17(20)22)19-16(21)13-9-14(13)18(23)24/h2-8,13-14H,9-10H2,1H3,(H,19,21)(H,23,24)/t13-,14+/m1/s1. The lowest BCUT2D eigenvalue weighted by atomic mass is 10.1. The predicted molar refractivity (Wildman–Crippen MR) is 88.8 cm³/mol. The molecule has 1 amide bonds. The number of carboxylic acid groups (broad SMARTS) is 1. The zero-order valence-electron chi connectivity index (χ0n) is 13.2. The van der Waals surface area contributed by atoms with Crippen LogP contribution in [0.25, 0.3) is 0 Å². The number of aryl methyl sites for hydroxylation is 1. The van der Waals surface area contributed by atoms with Gasteiger partial charge in [-0.3, -0.25) is 14.4 Å². The van der Waals surface area contributed by atoms with Crippen molar-refractivity contribution in [2.24, 2.45) is 11.8 Å². The van der Waals surface area contributed by atoms with E-state index in [1.165, 1.54) is 10.6 Å². The molecule has 0 bridgehead atoms. The summed E-state index contributed by atoms with van der Waals surface area (Å²) >= 11 is 0. The molecule has 0 saturated heterocycles. The van der Waals surface area contributed by atoms with Gasteiger partial charge < -0.3 is 15.0 Å². The molecule has 1 aliphatic rings. The molecule has 2 aromatic rings. The monoisotopic (exact) mass is 326 g/mol. The fraction of sp³-hybridized carbons (Fsp3) is 0.278. The van der Waals surface area contributed by atoms with Gasteiger partial charge in [0, 0.05) is 6.20 Å². The number of carboxylic acids is 1. The van der Waals surface area contributed by atoms with Crippen LogP contribution in [0, 0.1) is 18.8 Å². The molecule has 6 heteroatoms. The van der Waals surface area contributed by atoms with Gasteiger partial charge in [-0.2, -0.15) is 0 Å². The van der Waals surface area contributed by atoms with Crippen LogP contribution in [0.5, 0.6) is 0 Å². The van der Waals surface area contributed by atoms with Crippen molar-refractivity contribution in [3.8, 4) is 0 Å². The summed E-state index contributed by atoms with van der Waals surface area (Å²) < 4.78 is 1.52. The second-order valence-corrected chi connectivity index (χ2v) is 6.12. The second-order valence-electron chi connectivity index (χ2n) is 6.12. The Labute approximate surface area is 138 Å². The Bertz CT molecular complexity index is 839. The minimum atomic E-state index is -0.972. The maximum absolute atomic E-state index is 12.5. The molecule has 2 N–H and O–H groups in total. The average molecular weight is 326 g/mol. The van der Waals surface area contributed by atoms with E-state index in [2.05, 4.69) is 5.32 Å². The molecule has 3 rings (SSSR count). The van der Waals surface area contributed by atoms with Crippen molar-refractivity contribution in [1.29, 1.82) is 0 Å². The number of aliphatic carboxylic acids is 1. The Balaban J connectivity index is 1.74. The molecule has 0 aliphatic heterocycles. The normalized spacial score (nSPS) is 18.9. The number of hydrogen-bond donors (Lipinski definition) is 2. The molecule has 1 aliphatic carbocycles. The fourth-order valence-electron chi connectivity index (χ4n) is 2.63. The molecular formula is C18H18N2O4. The van der Waals surface area contributed by atoms with Crippen LogP contribution >= 0.6 is 0 Å². The van der Waals surface area contributed by atoms with E-state index in [1.54, 1.807) is 12.3 Å². The maximum atomic E-state index is 12.5. The molecule has 1 fully saturated rings. The third kappa shape index (κ3) is 3.37. The smallest absolute Gasteiger partial charge is 0.307 e. The molecule has 2 atom stereocenters. The number of hydrogen-bond acceptors (Lipinski definition) is 3. The molecule has 1 saturated carbocycles. The fourth-order valence-corrected chi connectivity index (χ4v) is 2.63. The number of carbonyl (C=O) groups excluding carboxylic acids is 1. The van der Waals surface area contributed by atoms with Crippen LogP contribution in [0.1, 0.15) is 17.5 Å². The van der Waals surface area contributed by atoms with E-state index >= 15 is 0 Å². The molecule has 1 aromatic carbocycles. The van der Waals surface area contributed by atoms with Gasteiger partial charge in [-0.1, -0.05) is 29.8 Å². The first-order valence-corrected chi connectivity index (χ1v) is 7.74. The highest BCUT2D eigenvalue weighted by molar-refractivity contribution is 5.98. The number of nitrogens with one attached hydrogen (secondary N) is 1. The molecule has 24 heavy (non-hydrogen) atoms. The summed E-state index contributed by atoms with van der Waals surface area (Å²) in [5.41, 5.74) is 1.99. The summed E-state index contributed by atoms with van der Waals surface area (Å²) in [6.45, 7) is 2.40. The zero-order chi connectivity index (χ0) is 17.3. The molecule has 124 valence electrons. The number of benzene rings is 1. The first-order valence-electron chi connectivity index (χ1n) is 7.74. The van der Waals surface area contributed by atoms with E-state index in [-0.39, 0.29) is 11.2 Å². The Morgan fingerprint density at radius 1 is 1.21 bits per heavy atom. The highest BCUT2D eigenvalue weighted by Gasteiger charge is 2.48. The third-order valence-electron chi connectivity index (χ3n) is 4.20. The second kappa shape index (κ2) is 6.31. The van der Waals surface area contributed by atoms with Crippen molar-refractivity contribution in [1.82, 2.24) is 4.57 Å². The van der Waals surface area contributed by atoms with E-state index in [0.29, 0.717) is 13.0 Å². The Hall–Kier alpha value is -2.89. The van der Waals surface area contributed by atoms with Crippen LogP contribution in [0.15, 0.2) is 47.4 Å². The number of aromatic nitrogens is 1. The van der Waals surface area contributed by atoms with Crippen molar-refractivity contribution in [3.63, 3.8) is 0 Å². The minimum Gasteiger partial charge on any atom is -0.481 e. The molecule has 0 unspecified atom stereocenters.